The van der Waals surface area contributed by atoms with Gasteiger partial charge in [0.2, 0.25) is 15.7 Å². The van der Waals surface area contributed by atoms with Crippen molar-refractivity contribution in [2.24, 2.45) is 16.5 Å². The zero-order valence-electron chi connectivity index (χ0n) is 20.0. The predicted octanol–water partition coefficient (Wildman–Crippen LogP) is 4.19. The summed E-state index contributed by atoms with van der Waals surface area (Å²) >= 11 is 0. The molecule has 194 valence electrons. The van der Waals surface area contributed by atoms with Gasteiger partial charge in [0.15, 0.2) is 12.1 Å². The Morgan fingerprint density at radius 3 is 2.37 bits per heavy atom. The van der Waals surface area contributed by atoms with Gasteiger partial charge in [0, 0.05) is 38.1 Å². The third-order valence-electron chi connectivity index (χ3n) is 7.09. The molecule has 3 aliphatic heterocycles. The molecule has 1 atom stereocenters. The number of alkyl halides is 3. The molecule has 12 heteroatoms. The Bertz CT molecular complexity index is 1120. The van der Waals surface area contributed by atoms with Crippen LogP contribution in [0.1, 0.15) is 46.5 Å². The maximum absolute atomic E-state index is 13.1. The number of halogens is 3. The molecule has 4 rings (SSSR count). The first-order chi connectivity index (χ1) is 16.2. The number of hydrogen-bond donors (Lipinski definition) is 1. The van der Waals surface area contributed by atoms with Crippen LogP contribution in [-0.4, -0.2) is 71.4 Å². The second kappa shape index (κ2) is 8.95. The van der Waals surface area contributed by atoms with E-state index >= 15 is 0 Å². The van der Waals surface area contributed by atoms with E-state index in [-0.39, 0.29) is 36.4 Å². The van der Waals surface area contributed by atoms with Crippen molar-refractivity contribution >= 4 is 27.3 Å². The van der Waals surface area contributed by atoms with Gasteiger partial charge in [-0.3, -0.25) is 0 Å². The van der Waals surface area contributed by atoms with Crippen LogP contribution in [0.2, 0.25) is 0 Å². The molecule has 1 aromatic rings. The highest BCUT2D eigenvalue weighted by Crippen LogP contribution is 2.42. The van der Waals surface area contributed by atoms with E-state index in [0.29, 0.717) is 37.9 Å². The fourth-order valence-corrected chi connectivity index (χ4v) is 6.90. The summed E-state index contributed by atoms with van der Waals surface area (Å²) in [5.74, 6) is -0.188. The first kappa shape index (κ1) is 25.7. The van der Waals surface area contributed by atoms with E-state index < -0.39 is 27.4 Å². The molecular formula is C23H31F3N3O5S+. The van der Waals surface area contributed by atoms with Gasteiger partial charge >= 0.3 is 12.3 Å². The zero-order chi connectivity index (χ0) is 25.6. The lowest BCUT2D eigenvalue weighted by molar-refractivity contribution is -0.439. The van der Waals surface area contributed by atoms with Crippen LogP contribution in [0.5, 0.6) is 5.75 Å². The molecule has 1 spiro atoms. The molecule has 0 amide bonds. The minimum atomic E-state index is -4.77. The average molecular weight is 519 g/mol. The fraction of sp³-hybridized carbons (Fsp3) is 0.652. The average Bonchev–Trinajstić information content (AvgIpc) is 3.29. The van der Waals surface area contributed by atoms with Crippen molar-refractivity contribution in [3.8, 4) is 5.75 Å². The first-order valence-electron chi connectivity index (χ1n) is 11.6. The second-order valence-corrected chi connectivity index (χ2v) is 12.1. The van der Waals surface area contributed by atoms with Crippen molar-refractivity contribution in [2.75, 3.05) is 25.4 Å². The van der Waals surface area contributed by atoms with E-state index in [9.17, 15) is 26.7 Å². The van der Waals surface area contributed by atoms with Crippen LogP contribution in [-0.2, 0) is 14.9 Å². The van der Waals surface area contributed by atoms with Crippen LogP contribution in [0.3, 0.4) is 0 Å². The molecule has 0 aliphatic carbocycles. The van der Waals surface area contributed by atoms with E-state index in [1.807, 2.05) is 13.8 Å². The molecule has 0 aromatic heterocycles. The number of aliphatic hydroxyl groups is 1. The molecule has 1 N–H and O–H groups in total. The summed E-state index contributed by atoms with van der Waals surface area (Å²) in [5, 5.41) is 15.1. The quantitative estimate of drug-likeness (QED) is 0.571. The number of sulfonamides is 1. The van der Waals surface area contributed by atoms with Gasteiger partial charge in [-0.05, 0) is 37.8 Å². The topological polar surface area (TPSA) is 91.4 Å². The molecule has 8 nitrogen and oxygen atoms in total. The summed E-state index contributed by atoms with van der Waals surface area (Å²) in [6, 6.07) is 5.34. The SMILES string of the molecule is CC(C)C1=NOC(C)(CS(=O)(=O)N2CCC3(CC2)CC[N+](c2ccc(OC(F)(F)F)cc2)=C3O)C1. The maximum atomic E-state index is 13.1. The highest BCUT2D eigenvalue weighted by Gasteiger charge is 2.52. The normalized spacial score (nSPS) is 25.3. The van der Waals surface area contributed by atoms with Crippen LogP contribution in [0.15, 0.2) is 29.4 Å². The standard InChI is InChI=1S/C23H30F3N3O5S/c1-16(2)19-14-21(3,34-27-19)15-35(31,32)28-11-8-22(9-12-28)10-13-29(20(22)30)17-4-6-18(7-5-17)33-23(24,25)26/h4-7,16H,8-15H2,1-3H3/p+1. The number of rotatable bonds is 6. The van der Waals surface area contributed by atoms with Crippen molar-refractivity contribution < 1.29 is 40.8 Å². The van der Waals surface area contributed by atoms with Crippen molar-refractivity contribution in [1.82, 2.24) is 4.31 Å². The Balaban J connectivity index is 1.41. The summed E-state index contributed by atoms with van der Waals surface area (Å²) in [4.78, 5) is 5.51. The van der Waals surface area contributed by atoms with E-state index in [2.05, 4.69) is 9.89 Å². The van der Waals surface area contributed by atoms with E-state index in [1.165, 1.54) is 28.6 Å². The van der Waals surface area contributed by atoms with Gasteiger partial charge in [-0.15, -0.1) is 13.2 Å². The van der Waals surface area contributed by atoms with Gasteiger partial charge in [-0.1, -0.05) is 19.0 Å². The van der Waals surface area contributed by atoms with Gasteiger partial charge < -0.3 is 14.7 Å². The summed E-state index contributed by atoms with van der Waals surface area (Å²) in [7, 11) is -3.60. The van der Waals surface area contributed by atoms with E-state index in [4.69, 9.17) is 4.84 Å². The largest absolute Gasteiger partial charge is 0.573 e. The molecule has 0 bridgehead atoms. The lowest BCUT2D eigenvalue weighted by atomic mass is 9.77. The molecule has 1 aromatic carbocycles. The first-order valence-corrected chi connectivity index (χ1v) is 13.3. The molecule has 3 heterocycles. The third-order valence-corrected chi connectivity index (χ3v) is 9.22. The molecule has 1 fully saturated rings. The summed E-state index contributed by atoms with van der Waals surface area (Å²) in [5.41, 5.74) is -0.0527. The molecule has 1 unspecified atom stereocenters. The predicted molar refractivity (Wildman–Crippen MR) is 124 cm³/mol. The Labute approximate surface area is 203 Å². The van der Waals surface area contributed by atoms with Crippen LogP contribution < -0.4 is 4.74 Å². The van der Waals surface area contributed by atoms with Gasteiger partial charge in [0.1, 0.15) is 16.9 Å². The van der Waals surface area contributed by atoms with Gasteiger partial charge in [0.05, 0.1) is 5.71 Å². The van der Waals surface area contributed by atoms with Crippen LogP contribution in [0.25, 0.3) is 0 Å². The third kappa shape index (κ3) is 5.42. The van der Waals surface area contributed by atoms with E-state index in [0.717, 1.165) is 5.71 Å². The minimum Gasteiger partial charge on any atom is -0.463 e. The number of nitrogens with zero attached hydrogens (tertiary/aromatic N) is 3. The molecule has 0 saturated carbocycles. The van der Waals surface area contributed by atoms with Crippen molar-refractivity contribution in [2.45, 2.75) is 58.4 Å². The minimum absolute atomic E-state index is 0.125. The number of hydrogen-bond acceptors (Lipinski definition) is 5. The highest BCUT2D eigenvalue weighted by atomic mass is 32.2. The summed E-state index contributed by atoms with van der Waals surface area (Å²) in [6.07, 6.45) is -2.77. The Kier molecular flexibility index (Phi) is 6.58. The maximum Gasteiger partial charge on any atom is 0.573 e. The van der Waals surface area contributed by atoms with Crippen LogP contribution >= 0.6 is 0 Å². The molecular weight excluding hydrogens is 487 g/mol. The number of ether oxygens (including phenoxy) is 1. The number of benzene rings is 1. The fourth-order valence-electron chi connectivity index (χ4n) is 5.06. The zero-order valence-corrected chi connectivity index (χ0v) is 20.8. The van der Waals surface area contributed by atoms with Crippen molar-refractivity contribution in [1.29, 1.82) is 0 Å². The Morgan fingerprint density at radius 2 is 1.83 bits per heavy atom. The number of piperidine rings is 1. The summed E-state index contributed by atoms with van der Waals surface area (Å²) < 4.78 is 70.5. The van der Waals surface area contributed by atoms with Crippen molar-refractivity contribution in [3.05, 3.63) is 24.3 Å². The lowest BCUT2D eigenvalue weighted by Gasteiger charge is -2.36. The smallest absolute Gasteiger partial charge is 0.463 e. The Hall–Kier alpha value is -2.34. The number of aliphatic hydroxyl groups excluding tert-OH is 1. The number of oxime groups is 1. The molecule has 0 radical (unpaired) electrons. The lowest BCUT2D eigenvalue weighted by Crippen LogP contribution is -2.49. The monoisotopic (exact) mass is 518 g/mol. The second-order valence-electron chi connectivity index (χ2n) is 10.2. The Morgan fingerprint density at radius 1 is 1.20 bits per heavy atom. The molecule has 35 heavy (non-hydrogen) atoms. The van der Waals surface area contributed by atoms with Crippen LogP contribution in [0.4, 0.5) is 18.9 Å². The van der Waals surface area contributed by atoms with Crippen molar-refractivity contribution in [3.63, 3.8) is 0 Å². The van der Waals surface area contributed by atoms with Gasteiger partial charge in [-0.25, -0.2) is 12.7 Å². The van der Waals surface area contributed by atoms with Gasteiger partial charge in [0.25, 0.3) is 0 Å². The summed E-state index contributed by atoms with van der Waals surface area (Å²) in [6.45, 7) is 6.77. The molecule has 1 saturated heterocycles. The van der Waals surface area contributed by atoms with Crippen LogP contribution in [0, 0.1) is 11.3 Å². The van der Waals surface area contributed by atoms with Gasteiger partial charge in [-0.2, -0.15) is 4.58 Å². The van der Waals surface area contributed by atoms with E-state index in [1.54, 1.807) is 11.5 Å². The highest BCUT2D eigenvalue weighted by molar-refractivity contribution is 7.89. The molecule has 3 aliphatic rings.